The fourth-order valence-electron chi connectivity index (χ4n) is 6.72. The molecule has 9 nitrogen and oxygen atoms in total. The maximum Gasteiger partial charge on any atom is 0.291 e. The summed E-state index contributed by atoms with van der Waals surface area (Å²) in [5, 5.41) is 2.49. The first-order valence-electron chi connectivity index (χ1n) is 15.1. The van der Waals surface area contributed by atoms with Gasteiger partial charge >= 0.3 is 0 Å². The van der Waals surface area contributed by atoms with Crippen molar-refractivity contribution in [3.63, 3.8) is 0 Å². The van der Waals surface area contributed by atoms with Crippen LogP contribution in [0.15, 0.2) is 49.1 Å². The number of carbonyl (C=O) groups excluding carboxylic acids is 2. The first-order chi connectivity index (χ1) is 20.2. The second kappa shape index (κ2) is 11.4. The van der Waals surface area contributed by atoms with Crippen molar-refractivity contribution in [1.29, 1.82) is 0 Å². The van der Waals surface area contributed by atoms with Gasteiger partial charge in [0.05, 0.1) is 12.2 Å². The first kappa shape index (κ1) is 28.2. The van der Waals surface area contributed by atoms with Gasteiger partial charge in [-0.1, -0.05) is 36.9 Å². The van der Waals surface area contributed by atoms with E-state index in [0.717, 1.165) is 43.1 Å². The molecule has 2 aromatic carbocycles. The fourth-order valence-corrected chi connectivity index (χ4v) is 6.72. The number of nitrogens with zero attached hydrogens (tertiary/aromatic N) is 7. The molecule has 0 N–H and O–H groups in total. The van der Waals surface area contributed by atoms with Crippen LogP contribution in [0.2, 0.25) is 0 Å². The lowest BCUT2D eigenvalue weighted by Gasteiger charge is -2.45. The van der Waals surface area contributed by atoms with Crippen molar-refractivity contribution in [2.45, 2.75) is 45.8 Å². The van der Waals surface area contributed by atoms with Crippen molar-refractivity contribution in [3.8, 4) is 0 Å². The standard InChI is InChI=1S/C33H41N7O2/c1-6-29(41)39-19-24(4)40(20-23(39)3)32-26-13-14-38(28-12-8-11-25-10-7-9-22(2)30(25)28)21-27(26)34-31(35-32)33(42)37-17-15-36(5)16-18-37/h6-12,23-24H,1,13-21H2,2-5H3/t23-,24+/m1/s1. The molecule has 2 fully saturated rings. The number of anilines is 2. The molecule has 0 radical (unpaired) electrons. The fraction of sp³-hybridized carbons (Fsp3) is 0.455. The van der Waals surface area contributed by atoms with Gasteiger partial charge in [-0.05, 0) is 57.3 Å². The summed E-state index contributed by atoms with van der Waals surface area (Å²) in [6, 6.07) is 12.9. The summed E-state index contributed by atoms with van der Waals surface area (Å²) in [5.41, 5.74) is 4.47. The number of carbonyl (C=O) groups is 2. The number of piperazine rings is 2. The summed E-state index contributed by atoms with van der Waals surface area (Å²) in [6.07, 6.45) is 2.17. The Kier molecular flexibility index (Phi) is 7.62. The van der Waals surface area contributed by atoms with Gasteiger partial charge in [0, 0.05) is 74.5 Å². The van der Waals surface area contributed by atoms with Gasteiger partial charge in [-0.3, -0.25) is 9.59 Å². The third-order valence-electron chi connectivity index (χ3n) is 9.17. The third kappa shape index (κ3) is 5.11. The van der Waals surface area contributed by atoms with Crippen molar-refractivity contribution in [2.75, 3.05) is 62.7 Å². The molecule has 3 aliphatic heterocycles. The summed E-state index contributed by atoms with van der Waals surface area (Å²) < 4.78 is 0. The van der Waals surface area contributed by atoms with E-state index in [1.165, 1.54) is 28.1 Å². The molecule has 1 aromatic heterocycles. The minimum atomic E-state index is -0.105. The molecule has 0 spiro atoms. The quantitative estimate of drug-likeness (QED) is 0.447. The molecule has 2 saturated heterocycles. The van der Waals surface area contributed by atoms with E-state index in [2.05, 4.69) is 85.5 Å². The van der Waals surface area contributed by atoms with Crippen molar-refractivity contribution in [1.82, 2.24) is 24.7 Å². The molecule has 220 valence electrons. The van der Waals surface area contributed by atoms with Gasteiger partial charge < -0.3 is 24.5 Å². The van der Waals surface area contributed by atoms with E-state index in [-0.39, 0.29) is 29.7 Å². The molecule has 2 amide bonds. The van der Waals surface area contributed by atoms with Gasteiger partial charge in [0.1, 0.15) is 5.82 Å². The molecular weight excluding hydrogens is 526 g/mol. The summed E-state index contributed by atoms with van der Waals surface area (Å²) in [7, 11) is 2.08. The SMILES string of the molecule is C=CC(=O)N1C[C@H](C)N(c2nc(C(=O)N3CCN(C)CC3)nc3c2CCN(c2cccc4cccc(C)c24)C3)C[C@H]1C. The molecule has 3 aliphatic rings. The summed E-state index contributed by atoms with van der Waals surface area (Å²) in [6.45, 7) is 15.7. The Morgan fingerprint density at radius 3 is 2.43 bits per heavy atom. The number of rotatable bonds is 4. The Labute approximate surface area is 248 Å². The first-order valence-corrected chi connectivity index (χ1v) is 15.1. The summed E-state index contributed by atoms with van der Waals surface area (Å²) in [5.74, 6) is 0.960. The van der Waals surface area contributed by atoms with Crippen molar-refractivity contribution >= 4 is 34.1 Å². The van der Waals surface area contributed by atoms with E-state index in [9.17, 15) is 9.59 Å². The Balaban J connectivity index is 1.39. The van der Waals surface area contributed by atoms with Crippen LogP contribution in [-0.4, -0.2) is 101 Å². The van der Waals surface area contributed by atoms with Crippen LogP contribution < -0.4 is 9.80 Å². The topological polar surface area (TPSA) is 76.1 Å². The molecule has 0 saturated carbocycles. The molecular formula is C33H41N7O2. The highest BCUT2D eigenvalue weighted by Crippen LogP contribution is 2.36. The summed E-state index contributed by atoms with van der Waals surface area (Å²) >= 11 is 0. The average Bonchev–Trinajstić information content (AvgIpc) is 3.00. The molecule has 2 atom stereocenters. The molecule has 0 bridgehead atoms. The van der Waals surface area contributed by atoms with E-state index in [1.807, 2.05) is 9.80 Å². The number of amides is 2. The Bertz CT molecular complexity index is 1530. The zero-order valence-electron chi connectivity index (χ0n) is 25.2. The van der Waals surface area contributed by atoms with Gasteiger partial charge in [0.25, 0.3) is 5.91 Å². The number of benzene rings is 2. The zero-order valence-corrected chi connectivity index (χ0v) is 25.2. The van der Waals surface area contributed by atoms with Crippen LogP contribution in [0, 0.1) is 6.92 Å². The van der Waals surface area contributed by atoms with Crippen LogP contribution in [0.4, 0.5) is 11.5 Å². The number of likely N-dealkylation sites (N-methyl/N-ethyl adjacent to an activating group) is 1. The predicted molar refractivity (Wildman–Crippen MR) is 167 cm³/mol. The lowest BCUT2D eigenvalue weighted by atomic mass is 9.99. The van der Waals surface area contributed by atoms with Crippen molar-refractivity contribution in [2.24, 2.45) is 0 Å². The Morgan fingerprint density at radius 2 is 1.69 bits per heavy atom. The number of hydrogen-bond acceptors (Lipinski definition) is 7. The lowest BCUT2D eigenvalue weighted by Crippen LogP contribution is -2.58. The Morgan fingerprint density at radius 1 is 0.952 bits per heavy atom. The van der Waals surface area contributed by atoms with Crippen LogP contribution in [0.3, 0.4) is 0 Å². The number of aromatic nitrogens is 2. The molecule has 3 aromatic rings. The van der Waals surface area contributed by atoms with Gasteiger partial charge in [-0.2, -0.15) is 0 Å². The van der Waals surface area contributed by atoms with Crippen molar-refractivity contribution in [3.05, 3.63) is 71.7 Å². The Hall–Kier alpha value is -3.98. The largest absolute Gasteiger partial charge is 0.365 e. The molecule has 0 unspecified atom stereocenters. The van der Waals surface area contributed by atoms with E-state index < -0.39 is 0 Å². The van der Waals surface area contributed by atoms with Gasteiger partial charge in [-0.25, -0.2) is 9.97 Å². The highest BCUT2D eigenvalue weighted by molar-refractivity contribution is 5.97. The second-order valence-corrected chi connectivity index (χ2v) is 12.1. The molecule has 6 rings (SSSR count). The average molecular weight is 568 g/mol. The minimum Gasteiger partial charge on any atom is -0.365 e. The molecule has 4 heterocycles. The summed E-state index contributed by atoms with van der Waals surface area (Å²) in [4.78, 5) is 47.0. The normalized spacial score (nSPS) is 21.4. The number of hydrogen-bond donors (Lipinski definition) is 0. The van der Waals surface area contributed by atoms with Crippen LogP contribution in [0.1, 0.15) is 41.3 Å². The number of aryl methyl sites for hydroxylation is 1. The van der Waals surface area contributed by atoms with Gasteiger partial charge in [-0.15, -0.1) is 0 Å². The highest BCUT2D eigenvalue weighted by Gasteiger charge is 2.36. The predicted octanol–water partition coefficient (Wildman–Crippen LogP) is 3.50. The smallest absolute Gasteiger partial charge is 0.291 e. The van der Waals surface area contributed by atoms with Crippen LogP contribution in [0.5, 0.6) is 0 Å². The van der Waals surface area contributed by atoms with Crippen LogP contribution in [0.25, 0.3) is 10.8 Å². The second-order valence-electron chi connectivity index (χ2n) is 12.1. The molecule has 42 heavy (non-hydrogen) atoms. The van der Waals surface area contributed by atoms with Gasteiger partial charge in [0.15, 0.2) is 0 Å². The van der Waals surface area contributed by atoms with Crippen LogP contribution >= 0.6 is 0 Å². The molecule has 0 aliphatic carbocycles. The van der Waals surface area contributed by atoms with Crippen LogP contribution in [-0.2, 0) is 17.8 Å². The molecule has 9 heteroatoms. The highest BCUT2D eigenvalue weighted by atomic mass is 16.2. The van der Waals surface area contributed by atoms with Crippen molar-refractivity contribution < 1.29 is 9.59 Å². The maximum absolute atomic E-state index is 13.8. The number of fused-ring (bicyclic) bond motifs is 2. The zero-order chi connectivity index (χ0) is 29.5. The third-order valence-corrected chi connectivity index (χ3v) is 9.17. The lowest BCUT2D eigenvalue weighted by molar-refractivity contribution is -0.128. The van der Waals surface area contributed by atoms with E-state index in [1.54, 1.807) is 0 Å². The van der Waals surface area contributed by atoms with Gasteiger partial charge in [0.2, 0.25) is 11.7 Å². The minimum absolute atomic E-state index is 0.00662. The maximum atomic E-state index is 13.8. The van der Waals surface area contributed by atoms with E-state index in [0.29, 0.717) is 32.7 Å². The van der Waals surface area contributed by atoms with E-state index in [4.69, 9.17) is 9.97 Å². The van der Waals surface area contributed by atoms with E-state index >= 15 is 0 Å². The monoisotopic (exact) mass is 567 g/mol.